The number of aldehydes is 1. The fourth-order valence-corrected chi connectivity index (χ4v) is 3.00. The summed E-state index contributed by atoms with van der Waals surface area (Å²) in [5.41, 5.74) is -0.171. The van der Waals surface area contributed by atoms with Crippen LogP contribution in [0.25, 0.3) is 0 Å². The number of esters is 1. The van der Waals surface area contributed by atoms with Crippen LogP contribution in [0.2, 0.25) is 0 Å². The highest BCUT2D eigenvalue weighted by atomic mass is 16.6. The van der Waals surface area contributed by atoms with Crippen LogP contribution in [0.5, 0.6) is 0 Å². The number of nitrogens with zero attached hydrogens (tertiary/aromatic N) is 1. The monoisotopic (exact) mass is 589 g/mol. The molecule has 0 aliphatic carbocycles. The molecule has 0 rings (SSSR count). The standard InChI is InChI=1S/C11H22O7.C8H14O5.C6H15N.CH4O/c1-7(3-12)10(8(4-13)5-14)18-11(16)9(6-15)17-2;1-5(8(12)13-2)7(11)6(3-9)4-10;1-4-7(5-2)6-3;1-2/h3,7-11,13-16H,4-6H2,1-2H3;6-7,9-11H,1,3-4H2,2H3;4-6H2,1-3H3;2H,1H3/t7?,9?,10-,11-;7-;;/m00../s1. The van der Waals surface area contributed by atoms with Crippen molar-refractivity contribution < 1.29 is 64.7 Å². The van der Waals surface area contributed by atoms with E-state index in [0.29, 0.717) is 6.29 Å². The van der Waals surface area contributed by atoms with Crippen molar-refractivity contribution in [1.29, 1.82) is 0 Å². The van der Waals surface area contributed by atoms with Crippen molar-refractivity contribution in [2.75, 3.05) is 74.0 Å². The van der Waals surface area contributed by atoms with E-state index in [1.807, 2.05) is 0 Å². The first-order valence-electron chi connectivity index (χ1n) is 13.0. The van der Waals surface area contributed by atoms with Crippen LogP contribution >= 0.6 is 0 Å². The minimum atomic E-state index is -1.45. The van der Waals surface area contributed by atoms with E-state index in [1.165, 1.54) is 26.7 Å². The Morgan fingerprint density at radius 1 is 0.850 bits per heavy atom. The van der Waals surface area contributed by atoms with Gasteiger partial charge in [0.1, 0.15) is 12.4 Å². The Morgan fingerprint density at radius 2 is 1.27 bits per heavy atom. The number of methoxy groups -OCH3 is 2. The molecule has 0 amide bonds. The molecule has 0 aromatic carbocycles. The topological polar surface area (TPSA) is 227 Å². The van der Waals surface area contributed by atoms with Crippen LogP contribution in [-0.2, 0) is 23.8 Å². The van der Waals surface area contributed by atoms with Crippen LogP contribution in [0.15, 0.2) is 12.2 Å². The van der Waals surface area contributed by atoms with E-state index in [4.69, 9.17) is 40.1 Å². The fourth-order valence-electron chi connectivity index (χ4n) is 3.00. The highest BCUT2D eigenvalue weighted by Crippen LogP contribution is 2.18. The third-order valence-electron chi connectivity index (χ3n) is 5.83. The molecule has 0 aromatic heterocycles. The summed E-state index contributed by atoms with van der Waals surface area (Å²) in [4.78, 5) is 24.0. The van der Waals surface area contributed by atoms with Crippen molar-refractivity contribution in [2.24, 2.45) is 17.8 Å². The predicted molar refractivity (Wildman–Crippen MR) is 148 cm³/mol. The van der Waals surface area contributed by atoms with Crippen molar-refractivity contribution in [1.82, 2.24) is 4.90 Å². The van der Waals surface area contributed by atoms with Crippen molar-refractivity contribution >= 4 is 12.3 Å². The van der Waals surface area contributed by atoms with Gasteiger partial charge in [0.05, 0.1) is 57.9 Å². The third-order valence-corrected chi connectivity index (χ3v) is 5.83. The zero-order valence-corrected chi connectivity index (χ0v) is 25.0. The summed E-state index contributed by atoms with van der Waals surface area (Å²) in [6.45, 7) is 12.9. The summed E-state index contributed by atoms with van der Waals surface area (Å²) >= 11 is 0. The normalized spacial score (nSPS) is 14.3. The second-order valence-electron chi connectivity index (χ2n) is 8.27. The molecule has 0 bridgehead atoms. The van der Waals surface area contributed by atoms with Gasteiger partial charge in [-0.15, -0.1) is 0 Å². The maximum Gasteiger partial charge on any atom is 0.335 e. The number of hydrogen-bond acceptors (Lipinski definition) is 14. The molecule has 14 nitrogen and oxygen atoms in total. The van der Waals surface area contributed by atoms with E-state index in [2.05, 4.69) is 37.0 Å². The summed E-state index contributed by atoms with van der Waals surface area (Å²) in [6, 6.07) is 0. The van der Waals surface area contributed by atoms with Crippen molar-refractivity contribution in [3.63, 3.8) is 0 Å². The molecule has 0 fully saturated rings. The van der Waals surface area contributed by atoms with Gasteiger partial charge in [0.2, 0.25) is 0 Å². The molecule has 0 aliphatic heterocycles. The van der Waals surface area contributed by atoms with Crippen LogP contribution in [-0.4, -0.2) is 157 Å². The van der Waals surface area contributed by atoms with Gasteiger partial charge < -0.3 is 64.8 Å². The Kier molecular flexibility index (Phi) is 34.5. The molecular weight excluding hydrogens is 534 g/mol. The Hall–Kier alpha value is -1.56. The van der Waals surface area contributed by atoms with E-state index in [0.717, 1.165) is 14.2 Å². The van der Waals surface area contributed by atoms with Gasteiger partial charge in [0.25, 0.3) is 0 Å². The SMILES string of the molecule is C=C(C(=O)OC)[C@H](O)C(CO)CO.CCN(CC)CC.CO.COC(CO)[C@@H](O)O[C@@H](C(C)C=O)C(CO)CO. The zero-order valence-electron chi connectivity index (χ0n) is 25.0. The summed E-state index contributed by atoms with van der Waals surface area (Å²) < 4.78 is 14.3. The molecular formula is C26H55NO13. The molecule has 0 spiro atoms. The minimum absolute atomic E-state index is 0.171. The Labute approximate surface area is 238 Å². The lowest BCUT2D eigenvalue weighted by atomic mass is 9.94. The average molecular weight is 590 g/mol. The molecule has 0 aliphatic rings. The van der Waals surface area contributed by atoms with Gasteiger partial charge >= 0.3 is 5.97 Å². The highest BCUT2D eigenvalue weighted by Gasteiger charge is 2.31. The first kappa shape index (κ1) is 45.4. The number of aliphatic hydroxyl groups excluding tert-OH is 8. The second-order valence-corrected chi connectivity index (χ2v) is 8.27. The molecule has 0 radical (unpaired) electrons. The number of rotatable bonds is 18. The summed E-state index contributed by atoms with van der Waals surface area (Å²) in [7, 11) is 3.45. The lowest BCUT2D eigenvalue weighted by Gasteiger charge is -2.31. The van der Waals surface area contributed by atoms with Gasteiger partial charge in [0.15, 0.2) is 6.29 Å². The zero-order chi connectivity index (χ0) is 32.3. The second kappa shape index (κ2) is 30.4. The van der Waals surface area contributed by atoms with E-state index >= 15 is 0 Å². The lowest BCUT2D eigenvalue weighted by Crippen LogP contribution is -2.43. The van der Waals surface area contributed by atoms with Crippen molar-refractivity contribution in [3.8, 4) is 0 Å². The molecule has 0 saturated carbocycles. The predicted octanol–water partition coefficient (Wildman–Crippen LogP) is -2.23. The molecule has 2 unspecified atom stereocenters. The largest absolute Gasteiger partial charge is 0.466 e. The minimum Gasteiger partial charge on any atom is -0.466 e. The lowest BCUT2D eigenvalue weighted by molar-refractivity contribution is -0.223. The Balaban J connectivity index is -0.000000257. The van der Waals surface area contributed by atoms with Crippen molar-refractivity contribution in [3.05, 3.63) is 12.2 Å². The van der Waals surface area contributed by atoms with Gasteiger partial charge in [0, 0.05) is 32.0 Å². The smallest absolute Gasteiger partial charge is 0.335 e. The van der Waals surface area contributed by atoms with Gasteiger partial charge in [-0.25, -0.2) is 4.79 Å². The molecule has 0 heterocycles. The number of carbonyl (C=O) groups is 2. The van der Waals surface area contributed by atoms with Crippen LogP contribution in [0, 0.1) is 17.8 Å². The van der Waals surface area contributed by atoms with Gasteiger partial charge in [-0.1, -0.05) is 34.3 Å². The molecule has 40 heavy (non-hydrogen) atoms. The Bertz CT molecular complexity index is 575. The number of ether oxygens (including phenoxy) is 3. The molecule has 8 N–H and O–H groups in total. The van der Waals surface area contributed by atoms with E-state index in [-0.39, 0.29) is 18.8 Å². The van der Waals surface area contributed by atoms with Crippen molar-refractivity contribution in [2.45, 2.75) is 52.3 Å². The summed E-state index contributed by atoms with van der Waals surface area (Å²) in [5.74, 6) is -2.87. The maximum absolute atomic E-state index is 10.8. The summed E-state index contributed by atoms with van der Waals surface area (Å²) in [5, 5.41) is 70.5. The quantitative estimate of drug-likeness (QED) is 0.0366. The van der Waals surface area contributed by atoms with E-state index < -0.39 is 68.1 Å². The van der Waals surface area contributed by atoms with Crippen LogP contribution in [0.1, 0.15) is 27.7 Å². The molecule has 0 saturated heterocycles. The van der Waals surface area contributed by atoms with E-state index in [9.17, 15) is 19.8 Å². The third kappa shape index (κ3) is 19.5. The van der Waals surface area contributed by atoms with Crippen LogP contribution in [0.3, 0.4) is 0 Å². The number of aliphatic hydroxyl groups is 8. The molecule has 5 atom stereocenters. The number of hydrogen-bond donors (Lipinski definition) is 8. The summed E-state index contributed by atoms with van der Waals surface area (Å²) in [6.07, 6.45) is -3.94. The molecule has 14 heteroatoms. The van der Waals surface area contributed by atoms with Gasteiger partial charge in [-0.3, -0.25) is 0 Å². The van der Waals surface area contributed by atoms with E-state index in [1.54, 1.807) is 6.92 Å². The average Bonchev–Trinajstić information content (AvgIpc) is 2.99. The first-order valence-corrected chi connectivity index (χ1v) is 13.0. The Morgan fingerprint density at radius 3 is 1.52 bits per heavy atom. The highest BCUT2D eigenvalue weighted by molar-refractivity contribution is 5.88. The number of carbonyl (C=O) groups excluding carboxylic acids is 2. The molecule has 0 aromatic rings. The first-order chi connectivity index (χ1) is 19.0. The maximum atomic E-state index is 10.8. The molecule has 242 valence electrons. The van der Waals surface area contributed by atoms with Crippen LogP contribution < -0.4 is 0 Å². The van der Waals surface area contributed by atoms with Gasteiger partial charge in [-0.05, 0) is 19.6 Å². The van der Waals surface area contributed by atoms with Gasteiger partial charge in [-0.2, -0.15) is 0 Å². The fraction of sp³-hybridized carbons (Fsp3) is 0.846. The van der Waals surface area contributed by atoms with Crippen LogP contribution in [0.4, 0.5) is 0 Å².